The Kier molecular flexibility index (Phi) is 3.19. The SMILES string of the molecule is C=C1C(=N)[C@@]23CC[C@@H](CC2C24CC[C@@H]5C6C(CC12)C(C)C[N+]5(C4)[C@H]6CC)C(=C)C3=N. The lowest BCUT2D eigenvalue weighted by molar-refractivity contribution is -1.05. The van der Waals surface area contributed by atoms with Crippen LogP contribution in [0.3, 0.4) is 0 Å². The Morgan fingerprint density at radius 3 is 2.60 bits per heavy atom. The van der Waals surface area contributed by atoms with Gasteiger partial charge < -0.3 is 15.3 Å². The van der Waals surface area contributed by atoms with Gasteiger partial charge in [-0.3, -0.25) is 0 Å². The van der Waals surface area contributed by atoms with Crippen molar-refractivity contribution in [3.05, 3.63) is 24.3 Å². The van der Waals surface area contributed by atoms with Crippen molar-refractivity contribution in [2.24, 2.45) is 46.3 Å². The van der Waals surface area contributed by atoms with Gasteiger partial charge in [-0.05, 0) is 73.3 Å². The third-order valence-corrected chi connectivity index (χ3v) is 12.3. The Balaban J connectivity index is 1.44. The van der Waals surface area contributed by atoms with Gasteiger partial charge in [0, 0.05) is 29.2 Å². The lowest BCUT2D eigenvalue weighted by atomic mass is 9.34. The number of piperidine rings is 3. The fraction of sp³-hybridized carbons (Fsp3) is 0.778. The van der Waals surface area contributed by atoms with Crippen LogP contribution in [0.1, 0.15) is 58.8 Å². The molecule has 0 aromatic heterocycles. The second-order valence-electron chi connectivity index (χ2n) is 12.6. The Labute approximate surface area is 181 Å². The number of nitrogens with zero attached hydrogens (tertiary/aromatic N) is 1. The molecule has 6 aliphatic heterocycles. The number of fused-ring (bicyclic) bond motifs is 3. The topological polar surface area (TPSA) is 47.7 Å². The van der Waals surface area contributed by atoms with Crippen LogP contribution in [0, 0.1) is 57.2 Å². The van der Waals surface area contributed by atoms with Gasteiger partial charge in [0.2, 0.25) is 0 Å². The summed E-state index contributed by atoms with van der Waals surface area (Å²) >= 11 is 0. The van der Waals surface area contributed by atoms with Crippen molar-refractivity contribution in [3.63, 3.8) is 0 Å². The van der Waals surface area contributed by atoms with Crippen molar-refractivity contribution >= 4 is 11.4 Å². The molecule has 6 heterocycles. The summed E-state index contributed by atoms with van der Waals surface area (Å²) in [5.74, 6) is 4.06. The van der Waals surface area contributed by atoms with Crippen LogP contribution >= 0.6 is 0 Å². The minimum Gasteiger partial charge on any atom is -0.317 e. The average molecular weight is 405 g/mol. The smallest absolute Gasteiger partial charge is 0.0981 e. The van der Waals surface area contributed by atoms with Crippen molar-refractivity contribution in [1.29, 1.82) is 10.8 Å². The molecule has 2 N–H and O–H groups in total. The highest BCUT2D eigenvalue weighted by Crippen LogP contribution is 2.74. The van der Waals surface area contributed by atoms with Crippen molar-refractivity contribution in [3.8, 4) is 0 Å². The number of hydrogen-bond donors (Lipinski definition) is 2. The summed E-state index contributed by atoms with van der Waals surface area (Å²) in [4.78, 5) is 0. The van der Waals surface area contributed by atoms with Gasteiger partial charge in [-0.25, -0.2) is 0 Å². The van der Waals surface area contributed by atoms with Crippen molar-refractivity contribution in [2.75, 3.05) is 13.1 Å². The molecule has 5 saturated carbocycles. The van der Waals surface area contributed by atoms with Gasteiger partial charge in [0.1, 0.15) is 0 Å². The maximum absolute atomic E-state index is 9.37. The zero-order valence-corrected chi connectivity index (χ0v) is 18.8. The van der Waals surface area contributed by atoms with Gasteiger partial charge in [-0.15, -0.1) is 0 Å². The molecule has 30 heavy (non-hydrogen) atoms. The summed E-state index contributed by atoms with van der Waals surface area (Å²) < 4.78 is 1.40. The van der Waals surface area contributed by atoms with Gasteiger partial charge in [-0.1, -0.05) is 27.0 Å². The van der Waals surface area contributed by atoms with E-state index in [4.69, 9.17) is 0 Å². The summed E-state index contributed by atoms with van der Waals surface area (Å²) in [6.07, 6.45) is 8.69. The minimum absolute atomic E-state index is 0.279. The fourth-order valence-corrected chi connectivity index (χ4v) is 11.5. The van der Waals surface area contributed by atoms with E-state index < -0.39 is 0 Å². The number of hydrogen-bond acceptors (Lipinski definition) is 2. The van der Waals surface area contributed by atoms with E-state index in [2.05, 4.69) is 27.0 Å². The maximum Gasteiger partial charge on any atom is 0.0981 e. The zero-order chi connectivity index (χ0) is 20.8. The Bertz CT molecular complexity index is 924. The molecule has 3 spiro atoms. The predicted octanol–water partition coefficient (Wildman–Crippen LogP) is 5.23. The van der Waals surface area contributed by atoms with Gasteiger partial charge in [0.05, 0.1) is 36.5 Å². The van der Waals surface area contributed by atoms with Gasteiger partial charge in [0.25, 0.3) is 0 Å². The second kappa shape index (κ2) is 5.22. The number of allylic oxidation sites excluding steroid dienone is 2. The van der Waals surface area contributed by atoms with Crippen LogP contribution in [0.25, 0.3) is 0 Å². The van der Waals surface area contributed by atoms with Crippen LogP contribution in [-0.2, 0) is 0 Å². The van der Waals surface area contributed by atoms with Crippen LogP contribution in [0.2, 0.25) is 0 Å². The van der Waals surface area contributed by atoms with E-state index in [-0.39, 0.29) is 10.8 Å². The summed E-state index contributed by atoms with van der Waals surface area (Å²) in [5, 5.41) is 18.6. The standard InChI is InChI=1S/C27H38N3/c1-5-20-23-18-11-19-16(4)25(29)27-9-6-17(15(3)24(27)28)10-22(27)26(19)8-7-21(23)30(20,13-26)12-14(18)2/h14,17-23,28-29H,3-13H2,1-2H3/q+1/t14?,17-,18?,19?,20-,21+,22?,23?,26?,27-,30?/m0/s1. The van der Waals surface area contributed by atoms with E-state index in [1.54, 1.807) is 0 Å². The van der Waals surface area contributed by atoms with Crippen LogP contribution in [0.4, 0.5) is 0 Å². The van der Waals surface area contributed by atoms with Crippen LogP contribution < -0.4 is 0 Å². The molecule has 7 bridgehead atoms. The summed E-state index contributed by atoms with van der Waals surface area (Å²) in [6.45, 7) is 16.7. The molecule has 3 nitrogen and oxygen atoms in total. The van der Waals surface area contributed by atoms with Gasteiger partial charge in [0.15, 0.2) is 0 Å². The third-order valence-electron chi connectivity index (χ3n) is 12.3. The average Bonchev–Trinajstić information content (AvgIpc) is 2.71. The second-order valence-corrected chi connectivity index (χ2v) is 12.6. The molecule has 11 fully saturated rings. The molecular weight excluding hydrogens is 366 g/mol. The first-order chi connectivity index (χ1) is 14.3. The molecule has 160 valence electrons. The molecule has 0 amide bonds. The quantitative estimate of drug-likeness (QED) is 0.563. The summed E-state index contributed by atoms with van der Waals surface area (Å²) in [6, 6.07) is 1.80. The molecular formula is C27H38N3+. The van der Waals surface area contributed by atoms with E-state index >= 15 is 0 Å². The van der Waals surface area contributed by atoms with E-state index in [1.165, 1.54) is 49.7 Å². The van der Waals surface area contributed by atoms with Crippen molar-refractivity contribution < 1.29 is 4.48 Å². The lowest BCUT2D eigenvalue weighted by Crippen LogP contribution is -2.88. The van der Waals surface area contributed by atoms with Crippen LogP contribution in [0.5, 0.6) is 0 Å². The largest absolute Gasteiger partial charge is 0.317 e. The highest BCUT2D eigenvalue weighted by Gasteiger charge is 2.78. The van der Waals surface area contributed by atoms with Crippen LogP contribution in [-0.4, -0.2) is 41.1 Å². The molecule has 5 aliphatic carbocycles. The molecule has 11 atom stereocenters. The third kappa shape index (κ3) is 1.59. The maximum atomic E-state index is 9.37. The van der Waals surface area contributed by atoms with Crippen molar-refractivity contribution in [2.45, 2.75) is 70.9 Å². The van der Waals surface area contributed by atoms with E-state index in [9.17, 15) is 10.8 Å². The summed E-state index contributed by atoms with van der Waals surface area (Å²) in [5.41, 5.74) is 3.60. The molecule has 3 heteroatoms. The molecule has 7 unspecified atom stereocenters. The molecule has 6 saturated heterocycles. The van der Waals surface area contributed by atoms with E-state index in [0.29, 0.717) is 17.8 Å². The fourth-order valence-electron chi connectivity index (χ4n) is 11.5. The molecule has 11 rings (SSSR count). The molecule has 11 aliphatic rings. The first-order valence-electron chi connectivity index (χ1n) is 12.7. The normalized spacial score (nSPS) is 60.1. The molecule has 0 aromatic carbocycles. The predicted molar refractivity (Wildman–Crippen MR) is 121 cm³/mol. The monoisotopic (exact) mass is 404 g/mol. The first kappa shape index (κ1) is 18.4. The van der Waals surface area contributed by atoms with E-state index in [1.807, 2.05) is 0 Å². The van der Waals surface area contributed by atoms with E-state index in [0.717, 1.165) is 65.2 Å². The summed E-state index contributed by atoms with van der Waals surface area (Å²) in [7, 11) is 0. The minimum atomic E-state index is -0.359. The Hall–Kier alpha value is -1.22. The number of nitrogens with one attached hydrogen (secondary N) is 2. The Morgan fingerprint density at radius 2 is 1.83 bits per heavy atom. The zero-order valence-electron chi connectivity index (χ0n) is 18.8. The number of rotatable bonds is 1. The highest BCUT2D eigenvalue weighted by atomic mass is 15.5. The molecule has 0 radical (unpaired) electrons. The Morgan fingerprint density at radius 1 is 1.07 bits per heavy atom. The van der Waals surface area contributed by atoms with Gasteiger partial charge >= 0.3 is 0 Å². The first-order valence-corrected chi connectivity index (χ1v) is 12.7. The van der Waals surface area contributed by atoms with Gasteiger partial charge in [-0.2, -0.15) is 0 Å². The van der Waals surface area contributed by atoms with Crippen molar-refractivity contribution in [1.82, 2.24) is 0 Å². The number of quaternary nitrogens is 1. The molecule has 0 aromatic rings. The highest BCUT2D eigenvalue weighted by molar-refractivity contribution is 6.23. The van der Waals surface area contributed by atoms with Crippen LogP contribution in [0.15, 0.2) is 24.3 Å². The lowest BCUT2D eigenvalue weighted by Gasteiger charge is -2.79.